The molecule has 1 rings (SSSR count). The number of hydrogen-bond donors (Lipinski definition) is 2. The van der Waals surface area contributed by atoms with Crippen LogP contribution in [0.4, 0.5) is 0 Å². The average Bonchev–Trinajstić information content (AvgIpc) is 2.72. The summed E-state index contributed by atoms with van der Waals surface area (Å²) in [5.74, 6) is 0.742. The highest BCUT2D eigenvalue weighted by molar-refractivity contribution is 5.84. The van der Waals surface area contributed by atoms with E-state index in [1.807, 2.05) is 0 Å². The summed E-state index contributed by atoms with van der Waals surface area (Å²) < 4.78 is 5.40. The largest absolute Gasteiger partial charge is 0.379 e. The van der Waals surface area contributed by atoms with E-state index in [1.165, 1.54) is 0 Å². The lowest BCUT2D eigenvalue weighted by Gasteiger charge is -2.26. The van der Waals surface area contributed by atoms with Gasteiger partial charge in [-0.1, -0.05) is 13.8 Å². The van der Waals surface area contributed by atoms with E-state index in [2.05, 4.69) is 46.2 Å². The van der Waals surface area contributed by atoms with E-state index in [0.717, 1.165) is 84.2 Å². The Morgan fingerprint density at radius 3 is 2.48 bits per heavy atom. The van der Waals surface area contributed by atoms with E-state index in [4.69, 9.17) is 4.74 Å². The number of ether oxygens (including phenoxy) is 1. The molecule has 1 unspecified atom stereocenters. The number of aliphatic imine (C=N–C) groups is 1. The van der Waals surface area contributed by atoms with E-state index < -0.39 is 0 Å². The van der Waals surface area contributed by atoms with Crippen molar-refractivity contribution in [2.45, 2.75) is 46.1 Å². The van der Waals surface area contributed by atoms with Crippen LogP contribution in [0.15, 0.2) is 4.99 Å². The Labute approximate surface area is 178 Å². The highest BCUT2D eigenvalue weighted by Crippen LogP contribution is 2.00. The topological polar surface area (TPSA) is 72.4 Å². The molecule has 0 spiro atoms. The summed E-state index contributed by atoms with van der Waals surface area (Å²) in [4.78, 5) is 22.9. The zero-order valence-electron chi connectivity index (χ0n) is 19.4. The second-order valence-corrected chi connectivity index (χ2v) is 7.90. The Bertz CT molecular complexity index is 462. The van der Waals surface area contributed by atoms with Crippen LogP contribution in [0.5, 0.6) is 0 Å². The predicted molar refractivity (Wildman–Crippen MR) is 120 cm³/mol. The number of carbonyl (C=O) groups excluding carboxylic acids is 1. The first-order chi connectivity index (χ1) is 14.0. The van der Waals surface area contributed by atoms with Gasteiger partial charge in [0, 0.05) is 39.8 Å². The number of carbonyl (C=O) groups is 1. The van der Waals surface area contributed by atoms with Gasteiger partial charge in [0.05, 0.1) is 13.2 Å². The molecule has 0 radical (unpaired) electrons. The summed E-state index contributed by atoms with van der Waals surface area (Å²) in [7, 11) is 3.52. The van der Waals surface area contributed by atoms with Crippen LogP contribution in [0, 0.1) is 0 Å². The second kappa shape index (κ2) is 15.5. The molecule has 8 heteroatoms. The van der Waals surface area contributed by atoms with Gasteiger partial charge in [0.25, 0.3) is 0 Å². The Morgan fingerprint density at radius 1 is 1.17 bits per heavy atom. The minimum absolute atomic E-state index is 0.00797. The van der Waals surface area contributed by atoms with Gasteiger partial charge >= 0.3 is 0 Å². The van der Waals surface area contributed by atoms with E-state index in [9.17, 15) is 4.79 Å². The molecule has 1 saturated heterocycles. The van der Waals surface area contributed by atoms with Gasteiger partial charge in [-0.3, -0.25) is 9.69 Å². The lowest BCUT2D eigenvalue weighted by Crippen LogP contribution is -2.44. The molecule has 8 nitrogen and oxygen atoms in total. The summed E-state index contributed by atoms with van der Waals surface area (Å²) in [5, 5.41) is 6.88. The molecule has 1 amide bonds. The van der Waals surface area contributed by atoms with Gasteiger partial charge in [0.15, 0.2) is 5.96 Å². The number of morpholine rings is 1. The number of amides is 1. The fraction of sp³-hybridized carbons (Fsp3) is 0.905. The van der Waals surface area contributed by atoms with Crippen LogP contribution in [-0.2, 0) is 9.53 Å². The van der Waals surface area contributed by atoms with Gasteiger partial charge in [0.2, 0.25) is 5.91 Å². The van der Waals surface area contributed by atoms with E-state index in [-0.39, 0.29) is 12.5 Å². The highest BCUT2D eigenvalue weighted by Gasteiger charge is 2.11. The van der Waals surface area contributed by atoms with Crippen molar-refractivity contribution in [2.24, 2.45) is 4.99 Å². The summed E-state index contributed by atoms with van der Waals surface area (Å²) in [6.45, 7) is 15.7. The van der Waals surface area contributed by atoms with Crippen molar-refractivity contribution in [3.05, 3.63) is 0 Å². The smallest absolute Gasteiger partial charge is 0.243 e. The van der Waals surface area contributed by atoms with Crippen LogP contribution in [-0.4, -0.2) is 112 Å². The minimum Gasteiger partial charge on any atom is -0.379 e. The van der Waals surface area contributed by atoms with Gasteiger partial charge in [-0.2, -0.15) is 0 Å². The van der Waals surface area contributed by atoms with Crippen molar-refractivity contribution in [2.75, 3.05) is 79.7 Å². The van der Waals surface area contributed by atoms with E-state index in [1.54, 1.807) is 19.0 Å². The molecule has 1 heterocycles. The SMILES string of the molecule is CCN(CC)CCCC(C)NC(=NCC(=O)N(C)C)NCCCN1CCOCC1. The normalized spacial score (nSPS) is 16.7. The maximum absolute atomic E-state index is 11.9. The Hall–Kier alpha value is -1.38. The number of nitrogens with one attached hydrogen (secondary N) is 2. The van der Waals surface area contributed by atoms with Crippen molar-refractivity contribution in [1.29, 1.82) is 0 Å². The molecule has 0 aromatic carbocycles. The van der Waals surface area contributed by atoms with Crippen molar-refractivity contribution < 1.29 is 9.53 Å². The van der Waals surface area contributed by atoms with Gasteiger partial charge in [0.1, 0.15) is 6.54 Å². The third-order valence-corrected chi connectivity index (χ3v) is 5.31. The zero-order chi connectivity index (χ0) is 21.5. The highest BCUT2D eigenvalue weighted by atomic mass is 16.5. The van der Waals surface area contributed by atoms with Crippen LogP contribution in [0.2, 0.25) is 0 Å². The van der Waals surface area contributed by atoms with Crippen molar-refractivity contribution >= 4 is 11.9 Å². The molecule has 0 aromatic rings. The third kappa shape index (κ3) is 12.0. The van der Waals surface area contributed by atoms with Crippen LogP contribution >= 0.6 is 0 Å². The molecule has 2 N–H and O–H groups in total. The molecule has 170 valence electrons. The Morgan fingerprint density at radius 2 is 1.86 bits per heavy atom. The molecule has 1 aliphatic heterocycles. The van der Waals surface area contributed by atoms with Crippen LogP contribution < -0.4 is 10.6 Å². The third-order valence-electron chi connectivity index (χ3n) is 5.31. The first-order valence-electron chi connectivity index (χ1n) is 11.2. The lowest BCUT2D eigenvalue weighted by molar-refractivity contribution is -0.127. The first-order valence-corrected chi connectivity index (χ1v) is 11.2. The van der Waals surface area contributed by atoms with E-state index >= 15 is 0 Å². The summed E-state index contributed by atoms with van der Waals surface area (Å²) in [6, 6.07) is 0.311. The lowest BCUT2D eigenvalue weighted by atomic mass is 10.2. The predicted octanol–water partition coefficient (Wildman–Crippen LogP) is 0.843. The fourth-order valence-electron chi connectivity index (χ4n) is 3.24. The molecular formula is C21H44N6O2. The zero-order valence-corrected chi connectivity index (χ0v) is 19.4. The summed E-state index contributed by atoms with van der Waals surface area (Å²) in [5.41, 5.74) is 0. The Kier molecular flexibility index (Phi) is 13.7. The molecular weight excluding hydrogens is 368 g/mol. The van der Waals surface area contributed by atoms with Crippen LogP contribution in [0.1, 0.15) is 40.0 Å². The molecule has 1 aliphatic rings. The van der Waals surface area contributed by atoms with Crippen molar-refractivity contribution in [1.82, 2.24) is 25.3 Å². The van der Waals surface area contributed by atoms with Gasteiger partial charge < -0.3 is 25.2 Å². The maximum Gasteiger partial charge on any atom is 0.243 e. The molecule has 0 aliphatic carbocycles. The summed E-state index contributed by atoms with van der Waals surface area (Å²) in [6.07, 6.45) is 3.27. The fourth-order valence-corrected chi connectivity index (χ4v) is 3.24. The van der Waals surface area contributed by atoms with Crippen molar-refractivity contribution in [3.63, 3.8) is 0 Å². The molecule has 0 aromatic heterocycles. The molecule has 1 atom stereocenters. The minimum atomic E-state index is 0.00797. The van der Waals surface area contributed by atoms with Crippen LogP contribution in [0.25, 0.3) is 0 Å². The molecule has 0 bridgehead atoms. The van der Waals surface area contributed by atoms with Gasteiger partial charge in [-0.05, 0) is 52.4 Å². The monoisotopic (exact) mass is 412 g/mol. The molecule has 1 fully saturated rings. The molecule has 0 saturated carbocycles. The standard InChI is InChI=1S/C21H44N6O2/c1-6-26(7-2)12-8-10-19(3)24-21(23-18-20(28)25(4)5)22-11-9-13-27-14-16-29-17-15-27/h19H,6-18H2,1-5H3,(H2,22,23,24). The number of nitrogens with zero attached hydrogens (tertiary/aromatic N) is 4. The Balaban J connectivity index is 2.42. The number of rotatable bonds is 13. The number of hydrogen-bond acceptors (Lipinski definition) is 5. The summed E-state index contributed by atoms with van der Waals surface area (Å²) >= 11 is 0. The quantitative estimate of drug-likeness (QED) is 0.265. The van der Waals surface area contributed by atoms with Gasteiger partial charge in [-0.25, -0.2) is 4.99 Å². The number of likely N-dealkylation sites (N-methyl/N-ethyl adjacent to an activating group) is 1. The van der Waals surface area contributed by atoms with Crippen LogP contribution in [0.3, 0.4) is 0 Å². The van der Waals surface area contributed by atoms with E-state index in [0.29, 0.717) is 6.04 Å². The van der Waals surface area contributed by atoms with Crippen molar-refractivity contribution in [3.8, 4) is 0 Å². The maximum atomic E-state index is 11.9. The number of guanidine groups is 1. The first kappa shape index (κ1) is 25.7. The van der Waals surface area contributed by atoms with Gasteiger partial charge in [-0.15, -0.1) is 0 Å². The second-order valence-electron chi connectivity index (χ2n) is 7.90. The average molecular weight is 413 g/mol. The molecule has 29 heavy (non-hydrogen) atoms.